The Morgan fingerprint density at radius 2 is 0.467 bits per heavy atom. The molecule has 8 aromatic rings. The molecule has 0 aliphatic heterocycles. The van der Waals surface area contributed by atoms with E-state index in [4.69, 9.17) is 0 Å². The molecule has 0 N–H and O–H groups in total. The largest absolute Gasteiger partial charge is 2.00 e. The van der Waals surface area contributed by atoms with Crippen molar-refractivity contribution >= 4 is 0 Å². The average Bonchev–Trinajstić information content (AvgIpc) is 3.97. The van der Waals surface area contributed by atoms with E-state index in [1.165, 1.54) is 111 Å². The van der Waals surface area contributed by atoms with Crippen LogP contribution in [0.4, 0.5) is 0 Å². The Balaban J connectivity index is 0.000000148. The zero-order valence-corrected chi connectivity index (χ0v) is 40.9. The summed E-state index contributed by atoms with van der Waals surface area (Å²) in [6.07, 6.45) is 4.20. The summed E-state index contributed by atoms with van der Waals surface area (Å²) in [6, 6.07) is 65.6. The number of hydrogen-bond acceptors (Lipinski definition) is 0. The zero-order valence-electron chi connectivity index (χ0n) is 34.4. The second-order valence-corrected chi connectivity index (χ2v) is 15.5. The molecule has 0 spiro atoms. The van der Waals surface area contributed by atoms with Crippen molar-refractivity contribution in [1.82, 2.24) is 0 Å². The maximum Gasteiger partial charge on any atom is 2.00 e. The minimum atomic E-state index is 0. The predicted molar refractivity (Wildman–Crippen MR) is 233 cm³/mol. The molecule has 0 unspecified atom stereocenters. The molecule has 4 aliphatic carbocycles. The third-order valence-corrected chi connectivity index (χ3v) is 11.4. The summed E-state index contributed by atoms with van der Waals surface area (Å²) in [7, 11) is 0. The Hall–Kier alpha value is -3.89. The van der Waals surface area contributed by atoms with Gasteiger partial charge in [0.25, 0.3) is 0 Å². The Morgan fingerprint density at radius 3 is 0.683 bits per heavy atom. The van der Waals surface area contributed by atoms with E-state index in [-0.39, 0.29) is 77.2 Å². The topological polar surface area (TPSA) is 0 Å². The van der Waals surface area contributed by atoms with Gasteiger partial charge in [-0.3, -0.25) is 0 Å². The van der Waals surface area contributed by atoms with E-state index in [0.717, 1.165) is 25.7 Å². The quantitative estimate of drug-likeness (QED) is 0.139. The van der Waals surface area contributed by atoms with Crippen LogP contribution in [-0.4, -0.2) is 0 Å². The summed E-state index contributed by atoms with van der Waals surface area (Å²) in [5.74, 6) is 0. The van der Waals surface area contributed by atoms with Gasteiger partial charge in [0.1, 0.15) is 0 Å². The van der Waals surface area contributed by atoms with Crippen LogP contribution in [0.2, 0.25) is 0 Å². The van der Waals surface area contributed by atoms with Crippen molar-refractivity contribution in [1.29, 1.82) is 0 Å². The normalized spacial score (nSPS) is 11.5. The van der Waals surface area contributed by atoms with E-state index in [2.05, 4.69) is 198 Å². The van der Waals surface area contributed by atoms with Gasteiger partial charge in [-0.1, -0.05) is 169 Å². The molecule has 0 heterocycles. The smallest absolute Gasteiger partial charge is 1.00 e. The first-order valence-corrected chi connectivity index (χ1v) is 19.8. The molecule has 12 rings (SSSR count). The van der Waals surface area contributed by atoms with Crippen LogP contribution in [0.1, 0.15) is 66.8 Å². The van der Waals surface area contributed by atoms with E-state index in [1.54, 1.807) is 0 Å². The molecule has 0 bridgehead atoms. The molecule has 8 aromatic carbocycles. The average molecular weight is 970 g/mol. The number of benzene rings is 8. The molecule has 0 atom stereocenters. The minimum absolute atomic E-state index is 0. The maximum absolute atomic E-state index is 3.43. The summed E-state index contributed by atoms with van der Waals surface area (Å²) in [5.41, 5.74) is 27.1. The van der Waals surface area contributed by atoms with Gasteiger partial charge >= 0.3 is 52.4 Å². The maximum atomic E-state index is 3.43. The molecular weight excluding hydrogens is 926 g/mol. The van der Waals surface area contributed by atoms with Crippen LogP contribution in [0.15, 0.2) is 146 Å². The van der Waals surface area contributed by atoms with Crippen molar-refractivity contribution in [2.45, 2.75) is 53.4 Å². The zero-order chi connectivity index (χ0) is 38.2. The van der Waals surface area contributed by atoms with Crippen LogP contribution in [-0.2, 0) is 78.1 Å². The van der Waals surface area contributed by atoms with Gasteiger partial charge in [-0.05, 0) is 25.7 Å². The van der Waals surface area contributed by atoms with Gasteiger partial charge in [-0.25, -0.2) is 0 Å². The molecule has 0 fully saturated rings. The van der Waals surface area contributed by atoms with E-state index >= 15 is 0 Å². The SMILES string of the molecule is Cc1[c-]c2c(cc1)-c1ccccc1C2.Cc1[c-]c2c(cc1)-c1ccccc1C2.Cc1[c-]c2c(cc1)-c1ccccc1C2.Cc1[c-]c2c(cc1)-c1ccccc1C2.[Cl-].[Cl-].[Zr+2].[Zr+2]. The van der Waals surface area contributed by atoms with Crippen LogP contribution in [0.25, 0.3) is 44.5 Å². The van der Waals surface area contributed by atoms with Gasteiger partial charge in [0.15, 0.2) is 0 Å². The van der Waals surface area contributed by atoms with Crippen molar-refractivity contribution in [3.8, 4) is 44.5 Å². The van der Waals surface area contributed by atoms with Gasteiger partial charge in [0.2, 0.25) is 0 Å². The predicted octanol–water partition coefficient (Wildman–Crippen LogP) is 7.47. The Bertz CT molecular complexity index is 2390. The van der Waals surface area contributed by atoms with Crippen molar-refractivity contribution in [2.24, 2.45) is 0 Å². The van der Waals surface area contributed by atoms with Gasteiger partial charge in [-0.15, -0.1) is 44.5 Å². The molecule has 4 heteroatoms. The molecule has 0 saturated carbocycles. The van der Waals surface area contributed by atoms with Gasteiger partial charge < -0.3 is 24.8 Å². The summed E-state index contributed by atoms with van der Waals surface area (Å²) in [5, 5.41) is 0. The van der Waals surface area contributed by atoms with E-state index in [0.29, 0.717) is 0 Å². The first kappa shape index (κ1) is 47.2. The minimum Gasteiger partial charge on any atom is -1.00 e. The molecule has 0 saturated heterocycles. The Morgan fingerprint density at radius 1 is 0.267 bits per heavy atom. The molecule has 60 heavy (non-hydrogen) atoms. The van der Waals surface area contributed by atoms with Crippen LogP contribution >= 0.6 is 0 Å². The first-order valence-electron chi connectivity index (χ1n) is 19.8. The number of hydrogen-bond donors (Lipinski definition) is 0. The van der Waals surface area contributed by atoms with Crippen molar-refractivity contribution in [3.05, 3.63) is 237 Å². The summed E-state index contributed by atoms with van der Waals surface area (Å²) in [6.45, 7) is 8.40. The first-order chi connectivity index (χ1) is 27.4. The molecular formula is C56H44Cl2Zr2-2. The molecule has 0 nitrogen and oxygen atoms in total. The molecule has 4 aliphatic rings. The fourth-order valence-electron chi connectivity index (χ4n) is 8.70. The number of halogens is 2. The van der Waals surface area contributed by atoms with Crippen LogP contribution in [0.3, 0.4) is 0 Å². The Kier molecular flexibility index (Phi) is 16.3. The van der Waals surface area contributed by atoms with Crippen molar-refractivity contribution in [2.75, 3.05) is 0 Å². The molecule has 0 amide bonds. The molecule has 292 valence electrons. The fourth-order valence-corrected chi connectivity index (χ4v) is 8.70. The summed E-state index contributed by atoms with van der Waals surface area (Å²) >= 11 is 0. The van der Waals surface area contributed by atoms with E-state index < -0.39 is 0 Å². The van der Waals surface area contributed by atoms with Gasteiger partial charge in [-0.2, -0.15) is 95.1 Å². The van der Waals surface area contributed by atoms with Crippen molar-refractivity contribution in [3.63, 3.8) is 0 Å². The van der Waals surface area contributed by atoms with Gasteiger partial charge in [0.05, 0.1) is 0 Å². The third kappa shape index (κ3) is 9.91. The van der Waals surface area contributed by atoms with Crippen LogP contribution in [0.5, 0.6) is 0 Å². The van der Waals surface area contributed by atoms with E-state index in [1.807, 2.05) is 0 Å². The number of aryl methyl sites for hydroxylation is 4. The van der Waals surface area contributed by atoms with Crippen LogP contribution < -0.4 is 24.8 Å². The van der Waals surface area contributed by atoms with E-state index in [9.17, 15) is 0 Å². The monoisotopic (exact) mass is 966 g/mol. The summed E-state index contributed by atoms with van der Waals surface area (Å²) < 4.78 is 0. The number of fused-ring (bicyclic) bond motifs is 12. The fraction of sp³-hybridized carbons (Fsp3) is 0.143. The Labute approximate surface area is 408 Å². The van der Waals surface area contributed by atoms with Crippen molar-refractivity contribution < 1.29 is 77.2 Å². The second kappa shape index (κ2) is 20.8. The molecule has 0 aromatic heterocycles. The third-order valence-electron chi connectivity index (χ3n) is 11.4. The number of rotatable bonds is 0. The van der Waals surface area contributed by atoms with Gasteiger partial charge in [0, 0.05) is 0 Å². The van der Waals surface area contributed by atoms with Crippen LogP contribution in [0, 0.1) is 52.0 Å². The second-order valence-electron chi connectivity index (χ2n) is 15.5. The standard InChI is InChI=1S/4C14H11.2ClH.2Zr/c4*1-10-6-7-14-12(8-10)9-11-4-2-3-5-13(11)14;;;;/h4*2-7H,9H2,1H3;2*1H;;/q4*-1;;;2*+2/p-2. The summed E-state index contributed by atoms with van der Waals surface area (Å²) in [4.78, 5) is 0. The molecule has 0 radical (unpaired) electrons.